The highest BCUT2D eigenvalue weighted by Gasteiger charge is 2.47. The number of nitrogens with zero attached hydrogens (tertiary/aromatic N) is 1. The van der Waals surface area contributed by atoms with Gasteiger partial charge in [-0.25, -0.2) is 4.84 Å². The molecule has 1 heterocycles. The fourth-order valence-electron chi connectivity index (χ4n) is 8.87. The molecular weight excluding hydrogens is 1090 g/mol. The topological polar surface area (TPSA) is 13.1 Å². The number of halogens is 24. The number of pyridine rings is 1. The van der Waals surface area contributed by atoms with Crippen LogP contribution in [0.1, 0.15) is 88.1 Å². The molecule has 0 aliphatic heterocycles. The quantitative estimate of drug-likeness (QED) is 0.0882. The molecule has 410 valence electrons. The fraction of sp³-hybridized carbons (Fsp3) is 0.286. The second-order valence-corrected chi connectivity index (χ2v) is 17.5. The first-order valence-electron chi connectivity index (χ1n) is 21.8. The maximum absolute atomic E-state index is 14.2. The summed E-state index contributed by atoms with van der Waals surface area (Å²) in [6.07, 6.45) is -44.2. The van der Waals surface area contributed by atoms with Gasteiger partial charge >= 0.3 is 49.4 Å². The van der Waals surface area contributed by atoms with Gasteiger partial charge in [0.2, 0.25) is 18.1 Å². The Morgan fingerprint density at radius 1 is 0.329 bits per heavy atom. The Bertz CT molecular complexity index is 2540. The molecule has 0 N–H and O–H groups in total. The van der Waals surface area contributed by atoms with Crippen molar-refractivity contribution in [2.45, 2.75) is 87.4 Å². The standard InChI is InChI=1S/C32H12BF24.C17H20NO/c34-25(35,36)13-1-14(26(37,38)39)6-21(5-13)33(22-7-15(27(40,41)42)2-16(8-22)28(43,44)45,23-9-17(29(46,47)48)3-18(10-23)30(49,50)51)24-11-19(31(52,53)54)4-20(12-24)32(55,56)57;1-3-7-15(8-4-1)16-9-11-17(12-10-16)19-18-13-5-2-6-14-18/h1-12H;2,5-6,9-15H,1,3-4,7-8H2/q-1;+1. The van der Waals surface area contributed by atoms with Crippen LogP contribution in [0.3, 0.4) is 0 Å². The van der Waals surface area contributed by atoms with Crippen LogP contribution < -0.4 is 31.4 Å². The van der Waals surface area contributed by atoms with E-state index < -0.39 is 195 Å². The third-order valence-electron chi connectivity index (χ3n) is 12.3. The molecule has 1 aromatic heterocycles. The number of hydrogen-bond donors (Lipinski definition) is 0. The van der Waals surface area contributed by atoms with Crippen molar-refractivity contribution < 1.29 is 115 Å². The summed E-state index contributed by atoms with van der Waals surface area (Å²) < 4.78 is 343. The van der Waals surface area contributed by atoms with E-state index in [1.165, 1.54) is 37.7 Å². The monoisotopic (exact) mass is 1120 g/mol. The molecule has 0 amide bonds. The van der Waals surface area contributed by atoms with Gasteiger partial charge in [0.1, 0.15) is 6.15 Å². The van der Waals surface area contributed by atoms with Crippen molar-refractivity contribution in [3.8, 4) is 5.75 Å². The Hall–Kier alpha value is -6.57. The molecule has 6 aromatic rings. The van der Waals surface area contributed by atoms with Crippen LogP contribution in [0.15, 0.2) is 128 Å². The molecule has 1 aliphatic rings. The summed E-state index contributed by atoms with van der Waals surface area (Å²) in [5, 5.41) is 0. The highest BCUT2D eigenvalue weighted by Crippen LogP contribution is 2.42. The Balaban J connectivity index is 0.000000408. The van der Waals surface area contributed by atoms with E-state index in [-0.39, 0.29) is 0 Å². The highest BCUT2D eigenvalue weighted by molar-refractivity contribution is 7.20. The molecule has 0 radical (unpaired) electrons. The molecule has 0 spiro atoms. The van der Waals surface area contributed by atoms with Crippen molar-refractivity contribution in [3.63, 3.8) is 0 Å². The van der Waals surface area contributed by atoms with Gasteiger partial charge in [0.05, 0.1) is 44.5 Å². The molecular formula is C49H32BF24NO. The van der Waals surface area contributed by atoms with Crippen LogP contribution in [0.5, 0.6) is 5.75 Å². The molecule has 0 saturated heterocycles. The summed E-state index contributed by atoms with van der Waals surface area (Å²) >= 11 is 0. The predicted octanol–water partition coefficient (Wildman–Crippen LogP) is 15.1. The lowest BCUT2D eigenvalue weighted by atomic mass is 9.12. The number of hydrogen-bond acceptors (Lipinski definition) is 1. The summed E-state index contributed by atoms with van der Waals surface area (Å²) in [5.74, 6) is 1.64. The lowest BCUT2D eigenvalue weighted by molar-refractivity contribution is -0.875. The Morgan fingerprint density at radius 3 is 0.816 bits per heavy atom. The first-order chi connectivity index (χ1) is 34.7. The number of aromatic nitrogens is 1. The third kappa shape index (κ3) is 13.7. The zero-order valence-corrected chi connectivity index (χ0v) is 37.7. The molecule has 1 aliphatic carbocycles. The Labute approximate surface area is 413 Å². The molecule has 2 nitrogen and oxygen atoms in total. The zero-order chi connectivity index (χ0) is 56.8. The van der Waals surface area contributed by atoms with Crippen molar-refractivity contribution in [1.82, 2.24) is 0 Å². The Kier molecular flexibility index (Phi) is 16.0. The van der Waals surface area contributed by atoms with Crippen LogP contribution in [0, 0.1) is 0 Å². The molecule has 1 saturated carbocycles. The minimum Gasteiger partial charge on any atom is -0.232 e. The first-order valence-corrected chi connectivity index (χ1v) is 21.8. The lowest BCUT2D eigenvalue weighted by Crippen LogP contribution is -2.75. The normalized spacial score (nSPS) is 14.8. The SMILES string of the molecule is FC(F)(F)c1cc([B-](c2cc(C(F)(F)F)cc(C(F)(F)F)c2)(c2cc(C(F)(F)F)cc(C(F)(F)F)c2)c2cc(C(F)(F)F)cc(C(F)(F)F)c2)cc(C(F)(F)F)c1.c1cc[n+](Oc2ccc(C3CCCCC3)cc2)cc1. The van der Waals surface area contributed by atoms with Crippen LogP contribution in [-0.2, 0) is 49.4 Å². The van der Waals surface area contributed by atoms with E-state index in [4.69, 9.17) is 4.84 Å². The fourth-order valence-corrected chi connectivity index (χ4v) is 8.87. The second kappa shape index (κ2) is 20.8. The molecule has 5 aromatic carbocycles. The van der Waals surface area contributed by atoms with E-state index in [0.29, 0.717) is 0 Å². The van der Waals surface area contributed by atoms with E-state index in [9.17, 15) is 105 Å². The van der Waals surface area contributed by atoms with E-state index in [0.717, 1.165) is 11.7 Å². The van der Waals surface area contributed by atoms with Gasteiger partial charge in [-0.3, -0.25) is 0 Å². The molecule has 27 heteroatoms. The van der Waals surface area contributed by atoms with Gasteiger partial charge < -0.3 is 0 Å². The van der Waals surface area contributed by atoms with Crippen molar-refractivity contribution in [3.05, 3.63) is 178 Å². The Morgan fingerprint density at radius 2 is 0.579 bits per heavy atom. The maximum atomic E-state index is 14.2. The summed E-state index contributed by atoms with van der Waals surface area (Å²) in [5.41, 5.74) is -28.7. The third-order valence-corrected chi connectivity index (χ3v) is 12.3. The van der Waals surface area contributed by atoms with Crippen LogP contribution in [-0.4, -0.2) is 6.15 Å². The predicted molar refractivity (Wildman–Crippen MR) is 225 cm³/mol. The van der Waals surface area contributed by atoms with E-state index >= 15 is 0 Å². The first kappa shape index (κ1) is 58.7. The minimum atomic E-state index is -6.13. The van der Waals surface area contributed by atoms with Crippen molar-refractivity contribution in [2.24, 2.45) is 0 Å². The average molecular weight is 1120 g/mol. The number of alkyl halides is 24. The van der Waals surface area contributed by atoms with Crippen LogP contribution in [0.2, 0.25) is 0 Å². The number of benzene rings is 5. The van der Waals surface area contributed by atoms with E-state index in [1.54, 1.807) is 4.73 Å². The van der Waals surface area contributed by atoms with Gasteiger partial charge in [-0.05, 0) is 60.7 Å². The van der Waals surface area contributed by atoms with Gasteiger partial charge in [0.15, 0.2) is 0 Å². The van der Waals surface area contributed by atoms with Gasteiger partial charge in [-0.15, -0.1) is 0 Å². The summed E-state index contributed by atoms with van der Waals surface area (Å²) in [7, 11) is 0. The van der Waals surface area contributed by atoms with E-state index in [1.807, 2.05) is 30.6 Å². The molecule has 0 bridgehead atoms. The number of rotatable bonds is 7. The molecule has 1 fully saturated rings. The molecule has 0 unspecified atom stereocenters. The average Bonchev–Trinajstić information content (AvgIpc) is 3.30. The lowest BCUT2D eigenvalue weighted by Gasteiger charge is -2.46. The summed E-state index contributed by atoms with van der Waals surface area (Å²) in [6, 6.07) is 5.66. The van der Waals surface area contributed by atoms with Crippen LogP contribution in [0.25, 0.3) is 0 Å². The zero-order valence-electron chi connectivity index (χ0n) is 37.7. The smallest absolute Gasteiger partial charge is 0.232 e. The molecule has 7 rings (SSSR count). The van der Waals surface area contributed by atoms with Gasteiger partial charge in [0.25, 0.3) is 0 Å². The van der Waals surface area contributed by atoms with Gasteiger partial charge in [-0.2, -0.15) is 127 Å². The minimum absolute atomic E-state index is 0.691. The maximum Gasteiger partial charge on any atom is 0.416 e. The second-order valence-electron chi connectivity index (χ2n) is 17.5. The van der Waals surface area contributed by atoms with Crippen molar-refractivity contribution in [2.75, 3.05) is 0 Å². The van der Waals surface area contributed by atoms with E-state index in [2.05, 4.69) is 24.3 Å². The van der Waals surface area contributed by atoms with Gasteiger partial charge in [0, 0.05) is 16.9 Å². The molecule has 0 atom stereocenters. The summed E-state index contributed by atoms with van der Waals surface area (Å²) in [6.45, 7) is 0. The largest absolute Gasteiger partial charge is 0.416 e. The van der Waals surface area contributed by atoms with Crippen molar-refractivity contribution in [1.29, 1.82) is 0 Å². The van der Waals surface area contributed by atoms with Crippen molar-refractivity contribution >= 4 is 28.0 Å². The van der Waals surface area contributed by atoms with Gasteiger partial charge in [-0.1, -0.05) is 86.0 Å². The van der Waals surface area contributed by atoms with Crippen LogP contribution in [0.4, 0.5) is 105 Å². The highest BCUT2D eigenvalue weighted by atomic mass is 19.4. The summed E-state index contributed by atoms with van der Waals surface area (Å²) in [4.78, 5) is 5.74. The molecule has 76 heavy (non-hydrogen) atoms. The van der Waals surface area contributed by atoms with Crippen LogP contribution >= 0.6 is 0 Å².